The number of rotatable bonds is 10. The fourth-order valence-corrected chi connectivity index (χ4v) is 4.89. The van der Waals surface area contributed by atoms with Crippen LogP contribution in [-0.4, -0.2) is 27.5 Å². The van der Waals surface area contributed by atoms with Crippen molar-refractivity contribution in [3.8, 4) is 5.75 Å². The number of carbonyl (C=O) groups excluding carboxylic acids is 1. The SMILES string of the molecule is CCOc1ccc(S(=O)(=O)N(CC(=O)N[C@@H](C)c2ccc(CC)cc2)c2ccc(F)cc2)cc1. The molecule has 0 aromatic heterocycles. The number of benzene rings is 3. The molecule has 0 bridgehead atoms. The number of hydrogen-bond donors (Lipinski definition) is 1. The first-order valence-corrected chi connectivity index (χ1v) is 12.6. The topological polar surface area (TPSA) is 75.7 Å². The number of nitrogens with zero attached hydrogens (tertiary/aromatic N) is 1. The van der Waals surface area contributed by atoms with E-state index in [0.717, 1.165) is 28.4 Å². The average molecular weight is 485 g/mol. The molecule has 6 nitrogen and oxygen atoms in total. The summed E-state index contributed by atoms with van der Waals surface area (Å²) in [5.74, 6) is -0.447. The third-order valence-electron chi connectivity index (χ3n) is 5.39. The Kier molecular flexibility index (Phi) is 8.28. The Labute approximate surface area is 200 Å². The number of sulfonamides is 1. The molecule has 34 heavy (non-hydrogen) atoms. The van der Waals surface area contributed by atoms with Crippen molar-refractivity contribution in [3.05, 3.63) is 89.7 Å². The number of halogens is 1. The fraction of sp³-hybridized carbons (Fsp3) is 0.269. The van der Waals surface area contributed by atoms with Crippen molar-refractivity contribution in [1.82, 2.24) is 5.32 Å². The molecule has 0 aliphatic carbocycles. The van der Waals surface area contributed by atoms with Gasteiger partial charge < -0.3 is 10.1 Å². The molecular formula is C26H29FN2O4S. The van der Waals surface area contributed by atoms with Gasteiger partial charge in [-0.15, -0.1) is 0 Å². The molecular weight excluding hydrogens is 455 g/mol. The van der Waals surface area contributed by atoms with Gasteiger partial charge in [0.2, 0.25) is 5.91 Å². The van der Waals surface area contributed by atoms with Crippen molar-refractivity contribution in [2.45, 2.75) is 38.1 Å². The van der Waals surface area contributed by atoms with Crippen molar-refractivity contribution in [2.24, 2.45) is 0 Å². The largest absolute Gasteiger partial charge is 0.494 e. The van der Waals surface area contributed by atoms with Crippen LogP contribution < -0.4 is 14.4 Å². The zero-order valence-electron chi connectivity index (χ0n) is 19.5. The second-order valence-electron chi connectivity index (χ2n) is 7.78. The lowest BCUT2D eigenvalue weighted by Crippen LogP contribution is -2.41. The molecule has 0 saturated heterocycles. The second kappa shape index (κ2) is 11.2. The number of amides is 1. The molecule has 180 valence electrons. The van der Waals surface area contributed by atoms with Crippen LogP contribution in [0, 0.1) is 5.82 Å². The maximum absolute atomic E-state index is 13.5. The number of hydrogen-bond acceptors (Lipinski definition) is 4. The Balaban J connectivity index is 1.85. The summed E-state index contributed by atoms with van der Waals surface area (Å²) in [6.45, 7) is 5.72. The van der Waals surface area contributed by atoms with Crippen LogP contribution in [0.2, 0.25) is 0 Å². The Morgan fingerprint density at radius 3 is 2.15 bits per heavy atom. The van der Waals surface area contributed by atoms with E-state index in [4.69, 9.17) is 4.74 Å². The predicted octanol–water partition coefficient (Wildman–Crippen LogP) is 4.86. The van der Waals surface area contributed by atoms with Gasteiger partial charge in [0.15, 0.2) is 0 Å². The first kappa shape index (κ1) is 25.2. The summed E-state index contributed by atoms with van der Waals surface area (Å²) in [5, 5.41) is 2.86. The number of nitrogens with one attached hydrogen (secondary N) is 1. The molecule has 3 aromatic carbocycles. The summed E-state index contributed by atoms with van der Waals surface area (Å²) < 4.78 is 46.8. The standard InChI is InChI=1S/C26H29FN2O4S/c1-4-20-6-8-21(9-7-20)19(3)28-26(30)18-29(23-12-10-22(27)11-13-23)34(31,32)25-16-14-24(15-17-25)33-5-2/h6-17,19H,4-5,18H2,1-3H3,(H,28,30)/t19-/m0/s1. The van der Waals surface area contributed by atoms with Gasteiger partial charge in [-0.3, -0.25) is 9.10 Å². The van der Waals surface area contributed by atoms with E-state index in [1.165, 1.54) is 29.8 Å². The molecule has 1 amide bonds. The van der Waals surface area contributed by atoms with Crippen LogP contribution in [0.1, 0.15) is 37.9 Å². The molecule has 0 heterocycles. The minimum atomic E-state index is -4.11. The molecule has 0 fully saturated rings. The van der Waals surface area contributed by atoms with E-state index in [1.54, 1.807) is 12.1 Å². The normalized spacial score (nSPS) is 12.1. The molecule has 0 unspecified atom stereocenters. The highest BCUT2D eigenvalue weighted by Crippen LogP contribution is 2.25. The van der Waals surface area contributed by atoms with Crippen molar-refractivity contribution in [2.75, 3.05) is 17.5 Å². The van der Waals surface area contributed by atoms with Crippen LogP contribution in [0.5, 0.6) is 5.75 Å². The van der Waals surface area contributed by atoms with Crippen LogP contribution in [-0.2, 0) is 21.2 Å². The van der Waals surface area contributed by atoms with E-state index in [2.05, 4.69) is 12.2 Å². The van der Waals surface area contributed by atoms with E-state index >= 15 is 0 Å². The average Bonchev–Trinajstić information content (AvgIpc) is 2.83. The molecule has 3 aromatic rings. The van der Waals surface area contributed by atoms with Gasteiger partial charge in [0, 0.05) is 0 Å². The molecule has 1 N–H and O–H groups in total. The lowest BCUT2D eigenvalue weighted by molar-refractivity contribution is -0.120. The molecule has 0 aliphatic rings. The summed E-state index contributed by atoms with van der Waals surface area (Å²) >= 11 is 0. The van der Waals surface area contributed by atoms with Gasteiger partial charge in [0.05, 0.1) is 23.2 Å². The van der Waals surface area contributed by atoms with Gasteiger partial charge in [0.1, 0.15) is 18.1 Å². The summed E-state index contributed by atoms with van der Waals surface area (Å²) in [6.07, 6.45) is 0.914. The zero-order valence-corrected chi connectivity index (χ0v) is 20.3. The molecule has 1 atom stereocenters. The third kappa shape index (κ3) is 6.14. The highest BCUT2D eigenvalue weighted by Gasteiger charge is 2.28. The van der Waals surface area contributed by atoms with Gasteiger partial charge >= 0.3 is 0 Å². The quantitative estimate of drug-likeness (QED) is 0.446. The van der Waals surface area contributed by atoms with Gasteiger partial charge in [-0.1, -0.05) is 31.2 Å². The van der Waals surface area contributed by atoms with Crippen LogP contribution in [0.25, 0.3) is 0 Å². The molecule has 8 heteroatoms. The number of carbonyl (C=O) groups is 1. The lowest BCUT2D eigenvalue weighted by Gasteiger charge is -2.25. The minimum absolute atomic E-state index is 0.00344. The first-order valence-electron chi connectivity index (χ1n) is 11.1. The van der Waals surface area contributed by atoms with E-state index in [9.17, 15) is 17.6 Å². The van der Waals surface area contributed by atoms with Crippen molar-refractivity contribution in [3.63, 3.8) is 0 Å². The van der Waals surface area contributed by atoms with Gasteiger partial charge in [0.25, 0.3) is 10.0 Å². The smallest absolute Gasteiger partial charge is 0.264 e. The fourth-order valence-electron chi connectivity index (χ4n) is 3.47. The Bertz CT molecular complexity index is 1200. The second-order valence-corrected chi connectivity index (χ2v) is 9.64. The first-order chi connectivity index (χ1) is 16.2. The van der Waals surface area contributed by atoms with E-state index in [0.29, 0.717) is 12.4 Å². The predicted molar refractivity (Wildman–Crippen MR) is 131 cm³/mol. The summed E-state index contributed by atoms with van der Waals surface area (Å²) in [5.41, 5.74) is 2.28. The summed E-state index contributed by atoms with van der Waals surface area (Å²) in [7, 11) is -4.11. The van der Waals surface area contributed by atoms with Crippen molar-refractivity contribution < 1.29 is 22.3 Å². The third-order valence-corrected chi connectivity index (χ3v) is 7.18. The Hall–Kier alpha value is -3.39. The van der Waals surface area contributed by atoms with E-state index in [1.807, 2.05) is 38.1 Å². The van der Waals surface area contributed by atoms with Crippen LogP contribution in [0.15, 0.2) is 77.7 Å². The molecule has 3 rings (SSSR count). The highest BCUT2D eigenvalue weighted by molar-refractivity contribution is 7.92. The Morgan fingerprint density at radius 1 is 0.971 bits per heavy atom. The van der Waals surface area contributed by atoms with Gasteiger partial charge in [-0.05, 0) is 79.9 Å². The monoisotopic (exact) mass is 484 g/mol. The van der Waals surface area contributed by atoms with E-state index < -0.39 is 28.3 Å². The summed E-state index contributed by atoms with van der Waals surface area (Å²) in [6, 6.07) is 18.5. The van der Waals surface area contributed by atoms with Crippen LogP contribution in [0.4, 0.5) is 10.1 Å². The van der Waals surface area contributed by atoms with Crippen molar-refractivity contribution in [1.29, 1.82) is 0 Å². The molecule has 0 radical (unpaired) electrons. The Morgan fingerprint density at radius 2 is 1.59 bits per heavy atom. The maximum Gasteiger partial charge on any atom is 0.264 e. The lowest BCUT2D eigenvalue weighted by atomic mass is 10.1. The minimum Gasteiger partial charge on any atom is -0.494 e. The van der Waals surface area contributed by atoms with Gasteiger partial charge in [-0.25, -0.2) is 12.8 Å². The molecule has 0 aliphatic heterocycles. The number of aryl methyl sites for hydroxylation is 1. The molecule has 0 saturated carbocycles. The van der Waals surface area contributed by atoms with Crippen molar-refractivity contribution >= 4 is 21.6 Å². The summed E-state index contributed by atoms with van der Waals surface area (Å²) in [4.78, 5) is 12.9. The molecule has 0 spiro atoms. The highest BCUT2D eigenvalue weighted by atomic mass is 32.2. The van der Waals surface area contributed by atoms with Crippen LogP contribution in [0.3, 0.4) is 0 Å². The zero-order chi connectivity index (χ0) is 24.7. The number of ether oxygens (including phenoxy) is 1. The number of anilines is 1. The van der Waals surface area contributed by atoms with E-state index in [-0.39, 0.29) is 16.6 Å². The maximum atomic E-state index is 13.5. The van der Waals surface area contributed by atoms with Gasteiger partial charge in [-0.2, -0.15) is 0 Å². The van der Waals surface area contributed by atoms with Crippen LogP contribution >= 0.6 is 0 Å².